The number of nitrogens with one attached hydrogen (secondary N) is 1. The van der Waals surface area contributed by atoms with Crippen LogP contribution in [0.15, 0.2) is 48.0 Å². The van der Waals surface area contributed by atoms with Crippen LogP contribution in [0, 0.1) is 0 Å². The number of aromatic nitrogens is 2. The lowest BCUT2D eigenvalue weighted by atomic mass is 10.2. The SMILES string of the molecule is COc1cc(OC)cc(C(=O)NCc2nc(-c3ccccn3)cs2)c1. The van der Waals surface area contributed by atoms with Crippen molar-refractivity contribution < 1.29 is 14.3 Å². The lowest BCUT2D eigenvalue weighted by molar-refractivity contribution is 0.0950. The average molecular weight is 355 g/mol. The van der Waals surface area contributed by atoms with Gasteiger partial charge in [0.05, 0.1) is 32.2 Å². The molecule has 0 aliphatic heterocycles. The summed E-state index contributed by atoms with van der Waals surface area (Å²) in [6.07, 6.45) is 1.73. The van der Waals surface area contributed by atoms with E-state index in [0.29, 0.717) is 23.6 Å². The van der Waals surface area contributed by atoms with Crippen LogP contribution in [0.5, 0.6) is 11.5 Å². The van der Waals surface area contributed by atoms with Crippen LogP contribution in [-0.4, -0.2) is 30.1 Å². The number of carbonyl (C=O) groups is 1. The summed E-state index contributed by atoms with van der Waals surface area (Å²) in [6, 6.07) is 10.7. The van der Waals surface area contributed by atoms with Gasteiger partial charge in [0.2, 0.25) is 0 Å². The fraction of sp³-hybridized carbons (Fsp3) is 0.167. The molecule has 0 aliphatic carbocycles. The van der Waals surface area contributed by atoms with E-state index in [4.69, 9.17) is 9.47 Å². The van der Waals surface area contributed by atoms with Crippen LogP contribution in [0.3, 0.4) is 0 Å². The van der Waals surface area contributed by atoms with Gasteiger partial charge in [0.25, 0.3) is 5.91 Å². The third-order valence-electron chi connectivity index (χ3n) is 3.49. The maximum atomic E-state index is 12.4. The Labute approximate surface area is 149 Å². The molecule has 0 radical (unpaired) electrons. The summed E-state index contributed by atoms with van der Waals surface area (Å²) in [7, 11) is 3.09. The maximum Gasteiger partial charge on any atom is 0.251 e. The predicted molar refractivity (Wildman–Crippen MR) is 96.1 cm³/mol. The molecule has 1 aromatic carbocycles. The Balaban J connectivity index is 1.68. The molecular formula is C18H17N3O3S. The predicted octanol–water partition coefficient (Wildman–Crippen LogP) is 3.15. The fourth-order valence-corrected chi connectivity index (χ4v) is 2.95. The Kier molecular flexibility index (Phi) is 5.25. The summed E-state index contributed by atoms with van der Waals surface area (Å²) in [5, 5.41) is 5.60. The third kappa shape index (κ3) is 4.13. The second-order valence-electron chi connectivity index (χ2n) is 5.13. The van der Waals surface area contributed by atoms with Crippen LogP contribution >= 0.6 is 11.3 Å². The van der Waals surface area contributed by atoms with Crippen molar-refractivity contribution in [1.82, 2.24) is 15.3 Å². The standard InChI is InChI=1S/C18H17N3O3S/c1-23-13-7-12(8-14(9-13)24-2)18(22)20-10-17-21-16(11-25-17)15-5-3-4-6-19-15/h3-9,11H,10H2,1-2H3,(H,20,22). The lowest BCUT2D eigenvalue weighted by Crippen LogP contribution is -2.22. The van der Waals surface area contributed by atoms with Gasteiger partial charge in [-0.05, 0) is 24.3 Å². The molecule has 0 saturated carbocycles. The smallest absolute Gasteiger partial charge is 0.251 e. The zero-order valence-corrected chi connectivity index (χ0v) is 14.7. The highest BCUT2D eigenvalue weighted by atomic mass is 32.1. The molecule has 1 N–H and O–H groups in total. The summed E-state index contributed by atoms with van der Waals surface area (Å²) >= 11 is 1.48. The molecule has 6 nitrogen and oxygen atoms in total. The molecule has 0 spiro atoms. The van der Waals surface area contributed by atoms with E-state index >= 15 is 0 Å². The maximum absolute atomic E-state index is 12.4. The van der Waals surface area contributed by atoms with Crippen molar-refractivity contribution in [2.45, 2.75) is 6.54 Å². The number of benzene rings is 1. The molecule has 2 aromatic heterocycles. The third-order valence-corrected chi connectivity index (χ3v) is 4.34. The normalized spacial score (nSPS) is 10.3. The minimum absolute atomic E-state index is 0.216. The van der Waals surface area contributed by atoms with E-state index in [1.165, 1.54) is 11.3 Å². The minimum atomic E-state index is -0.216. The Morgan fingerprint density at radius 3 is 2.52 bits per heavy atom. The van der Waals surface area contributed by atoms with Gasteiger partial charge in [-0.25, -0.2) is 4.98 Å². The van der Waals surface area contributed by atoms with Crippen molar-refractivity contribution in [3.8, 4) is 22.9 Å². The molecule has 0 atom stereocenters. The first-order valence-corrected chi connectivity index (χ1v) is 8.44. The van der Waals surface area contributed by atoms with E-state index in [2.05, 4.69) is 15.3 Å². The van der Waals surface area contributed by atoms with Gasteiger partial charge in [0, 0.05) is 23.2 Å². The zero-order valence-electron chi connectivity index (χ0n) is 13.9. The van der Waals surface area contributed by atoms with Crippen LogP contribution in [0.1, 0.15) is 15.4 Å². The highest BCUT2D eigenvalue weighted by Crippen LogP contribution is 2.23. The number of rotatable bonds is 6. The average Bonchev–Trinajstić information content (AvgIpc) is 3.15. The summed E-state index contributed by atoms with van der Waals surface area (Å²) in [4.78, 5) is 21.2. The summed E-state index contributed by atoms with van der Waals surface area (Å²) < 4.78 is 10.4. The van der Waals surface area contributed by atoms with Crippen LogP contribution in [0.2, 0.25) is 0 Å². The van der Waals surface area contributed by atoms with E-state index in [9.17, 15) is 4.79 Å². The second kappa shape index (κ2) is 7.76. The molecule has 128 valence electrons. The minimum Gasteiger partial charge on any atom is -0.497 e. The number of ether oxygens (including phenoxy) is 2. The lowest BCUT2D eigenvalue weighted by Gasteiger charge is -2.08. The highest BCUT2D eigenvalue weighted by molar-refractivity contribution is 7.09. The molecule has 2 heterocycles. The Morgan fingerprint density at radius 1 is 1.12 bits per heavy atom. The Morgan fingerprint density at radius 2 is 1.88 bits per heavy atom. The molecular weight excluding hydrogens is 338 g/mol. The number of thiazole rings is 1. The highest BCUT2D eigenvalue weighted by Gasteiger charge is 2.11. The number of nitrogens with zero attached hydrogens (tertiary/aromatic N) is 2. The van der Waals surface area contributed by atoms with Gasteiger partial charge in [-0.15, -0.1) is 11.3 Å². The van der Waals surface area contributed by atoms with Crippen LogP contribution in [0.4, 0.5) is 0 Å². The van der Waals surface area contributed by atoms with Crippen molar-refractivity contribution >= 4 is 17.2 Å². The van der Waals surface area contributed by atoms with Gasteiger partial charge in [-0.1, -0.05) is 6.07 Å². The van der Waals surface area contributed by atoms with Gasteiger partial charge in [0.1, 0.15) is 16.5 Å². The van der Waals surface area contributed by atoms with Crippen molar-refractivity contribution in [2.75, 3.05) is 14.2 Å². The first-order valence-electron chi connectivity index (χ1n) is 7.56. The molecule has 25 heavy (non-hydrogen) atoms. The second-order valence-corrected chi connectivity index (χ2v) is 6.07. The molecule has 0 fully saturated rings. The van der Waals surface area contributed by atoms with E-state index in [1.54, 1.807) is 38.6 Å². The first kappa shape index (κ1) is 16.9. The van der Waals surface area contributed by atoms with E-state index in [-0.39, 0.29) is 5.91 Å². The van der Waals surface area contributed by atoms with Gasteiger partial charge < -0.3 is 14.8 Å². The van der Waals surface area contributed by atoms with Gasteiger partial charge in [-0.2, -0.15) is 0 Å². The molecule has 1 amide bonds. The van der Waals surface area contributed by atoms with Crippen molar-refractivity contribution in [2.24, 2.45) is 0 Å². The van der Waals surface area contributed by atoms with Gasteiger partial charge in [0.15, 0.2) is 0 Å². The van der Waals surface area contributed by atoms with Gasteiger partial charge in [-0.3, -0.25) is 9.78 Å². The van der Waals surface area contributed by atoms with E-state index < -0.39 is 0 Å². The topological polar surface area (TPSA) is 73.3 Å². The summed E-state index contributed by atoms with van der Waals surface area (Å²) in [5.74, 6) is 0.916. The van der Waals surface area contributed by atoms with E-state index in [1.807, 2.05) is 23.6 Å². The molecule has 0 unspecified atom stereocenters. The quantitative estimate of drug-likeness (QED) is 0.735. The number of amides is 1. The molecule has 3 rings (SSSR count). The van der Waals surface area contributed by atoms with Crippen molar-refractivity contribution in [3.05, 3.63) is 58.5 Å². The van der Waals surface area contributed by atoms with Crippen molar-refractivity contribution in [1.29, 1.82) is 0 Å². The molecule has 0 saturated heterocycles. The first-order chi connectivity index (χ1) is 12.2. The van der Waals surface area contributed by atoms with E-state index in [0.717, 1.165) is 16.4 Å². The summed E-state index contributed by atoms with van der Waals surface area (Å²) in [5.41, 5.74) is 2.09. The van der Waals surface area contributed by atoms with Crippen LogP contribution < -0.4 is 14.8 Å². The number of carbonyl (C=O) groups excluding carboxylic acids is 1. The van der Waals surface area contributed by atoms with Crippen LogP contribution in [0.25, 0.3) is 11.4 Å². The number of methoxy groups -OCH3 is 2. The zero-order chi connectivity index (χ0) is 17.6. The molecule has 0 aliphatic rings. The van der Waals surface area contributed by atoms with Gasteiger partial charge >= 0.3 is 0 Å². The fourth-order valence-electron chi connectivity index (χ4n) is 2.22. The Hall–Kier alpha value is -2.93. The van der Waals surface area contributed by atoms with Crippen molar-refractivity contribution in [3.63, 3.8) is 0 Å². The Bertz CT molecular complexity index is 843. The molecule has 3 aromatic rings. The largest absolute Gasteiger partial charge is 0.497 e. The monoisotopic (exact) mass is 355 g/mol. The van der Waals surface area contributed by atoms with Crippen LogP contribution in [-0.2, 0) is 6.54 Å². The molecule has 0 bridgehead atoms. The number of pyridine rings is 1. The number of hydrogen-bond donors (Lipinski definition) is 1. The molecule has 7 heteroatoms. The number of hydrogen-bond acceptors (Lipinski definition) is 6. The summed E-state index contributed by atoms with van der Waals surface area (Å²) in [6.45, 7) is 0.343.